The first-order valence-corrected chi connectivity index (χ1v) is 7.42. The Morgan fingerprint density at radius 1 is 1.43 bits per heavy atom. The van der Waals surface area contributed by atoms with Crippen molar-refractivity contribution in [3.63, 3.8) is 0 Å². The first-order valence-electron chi connectivity index (χ1n) is 7.42. The summed E-state index contributed by atoms with van der Waals surface area (Å²) in [6.45, 7) is 3.72. The molecular weight excluding hydrogens is 285 g/mol. The van der Waals surface area contributed by atoms with Crippen LogP contribution in [0.2, 0.25) is 0 Å². The zero-order valence-electron chi connectivity index (χ0n) is 12.9. The molecule has 0 aromatic carbocycles. The number of hydrogen-bond donors (Lipinski definition) is 1. The van der Waals surface area contributed by atoms with Crippen molar-refractivity contribution in [2.24, 2.45) is 0 Å². The molecule has 1 aliphatic rings. The lowest BCUT2D eigenvalue weighted by Crippen LogP contribution is -2.52. The highest BCUT2D eigenvalue weighted by Gasteiger charge is 2.48. The summed E-state index contributed by atoms with van der Waals surface area (Å²) in [6, 6.07) is -0.250. The van der Waals surface area contributed by atoms with Gasteiger partial charge in [0.05, 0.1) is 13.7 Å². The van der Waals surface area contributed by atoms with E-state index in [1.54, 1.807) is 6.92 Å². The number of carbonyl (C=O) groups excluding carboxylic acids is 1. The molecule has 0 heterocycles. The van der Waals surface area contributed by atoms with Crippen LogP contribution in [-0.2, 0) is 9.53 Å². The molecule has 0 aromatic heterocycles. The molecule has 1 N–H and O–H groups in total. The number of halogens is 3. The van der Waals surface area contributed by atoms with Crippen molar-refractivity contribution >= 4 is 5.97 Å². The molecule has 1 rings (SSSR count). The van der Waals surface area contributed by atoms with Crippen LogP contribution in [0.3, 0.4) is 0 Å². The largest absolute Gasteiger partial charge is 0.468 e. The first kappa shape index (κ1) is 18.2. The summed E-state index contributed by atoms with van der Waals surface area (Å²) in [4.78, 5) is 13.5. The Morgan fingerprint density at radius 2 is 2.10 bits per heavy atom. The van der Waals surface area contributed by atoms with Gasteiger partial charge < -0.3 is 10.1 Å². The van der Waals surface area contributed by atoms with Crippen molar-refractivity contribution in [3.8, 4) is 0 Å². The van der Waals surface area contributed by atoms with Crippen LogP contribution < -0.4 is 5.32 Å². The van der Waals surface area contributed by atoms with Crippen molar-refractivity contribution in [3.05, 3.63) is 0 Å². The summed E-state index contributed by atoms with van der Waals surface area (Å²) in [5.74, 6) is -0.374. The number of alkyl halides is 3. The third kappa shape index (κ3) is 4.85. The van der Waals surface area contributed by atoms with Gasteiger partial charge in [0.2, 0.25) is 0 Å². The second-order valence-electron chi connectivity index (χ2n) is 5.58. The van der Waals surface area contributed by atoms with E-state index in [1.807, 2.05) is 6.92 Å². The number of nitrogens with one attached hydrogen (secondary N) is 1. The molecule has 0 aliphatic heterocycles. The van der Waals surface area contributed by atoms with Crippen molar-refractivity contribution in [2.75, 3.05) is 26.7 Å². The highest BCUT2D eigenvalue weighted by molar-refractivity contribution is 5.81. The number of ether oxygens (including phenoxy) is 1. The van der Waals surface area contributed by atoms with Gasteiger partial charge in [-0.3, -0.25) is 9.69 Å². The molecule has 0 spiro atoms. The first-order chi connectivity index (χ1) is 9.78. The Balaban J connectivity index is 2.79. The van der Waals surface area contributed by atoms with E-state index in [4.69, 9.17) is 4.74 Å². The quantitative estimate of drug-likeness (QED) is 0.733. The Hall–Kier alpha value is -0.820. The van der Waals surface area contributed by atoms with Gasteiger partial charge in [0.15, 0.2) is 0 Å². The molecule has 21 heavy (non-hydrogen) atoms. The summed E-state index contributed by atoms with van der Waals surface area (Å²) in [5, 5.41) is 3.18. The lowest BCUT2D eigenvalue weighted by atomic mass is 9.97. The van der Waals surface area contributed by atoms with Crippen LogP contribution >= 0.6 is 0 Å². The zero-order chi connectivity index (χ0) is 16.1. The van der Waals surface area contributed by atoms with Crippen LogP contribution in [0.5, 0.6) is 0 Å². The van der Waals surface area contributed by atoms with Gasteiger partial charge in [-0.15, -0.1) is 0 Å². The van der Waals surface area contributed by atoms with Crippen molar-refractivity contribution in [1.82, 2.24) is 10.2 Å². The Bertz CT molecular complexity index is 350. The summed E-state index contributed by atoms with van der Waals surface area (Å²) < 4.78 is 42.7. The SMILES string of the molecule is CCCNC1(C(=O)OC)CCC(N(CC)CC(F)(F)F)C1. The van der Waals surface area contributed by atoms with Crippen LogP contribution in [0, 0.1) is 0 Å². The zero-order valence-corrected chi connectivity index (χ0v) is 12.9. The topological polar surface area (TPSA) is 41.6 Å². The van der Waals surface area contributed by atoms with Gasteiger partial charge in [0.25, 0.3) is 0 Å². The van der Waals surface area contributed by atoms with Gasteiger partial charge in [-0.05, 0) is 38.8 Å². The molecule has 0 bridgehead atoms. The maximum Gasteiger partial charge on any atom is 0.401 e. The van der Waals surface area contributed by atoms with E-state index in [2.05, 4.69) is 5.32 Å². The van der Waals surface area contributed by atoms with E-state index in [9.17, 15) is 18.0 Å². The molecule has 1 aliphatic carbocycles. The minimum absolute atomic E-state index is 0.250. The highest BCUT2D eigenvalue weighted by atomic mass is 19.4. The van der Waals surface area contributed by atoms with Crippen molar-refractivity contribution in [2.45, 2.75) is 57.3 Å². The number of carbonyl (C=O) groups is 1. The second kappa shape index (κ2) is 7.45. The van der Waals surface area contributed by atoms with Gasteiger partial charge in [0, 0.05) is 6.04 Å². The maximum absolute atomic E-state index is 12.6. The molecule has 124 valence electrons. The Morgan fingerprint density at radius 3 is 2.57 bits per heavy atom. The van der Waals surface area contributed by atoms with Gasteiger partial charge >= 0.3 is 12.1 Å². The van der Waals surface area contributed by atoms with Crippen LogP contribution in [0.25, 0.3) is 0 Å². The van der Waals surface area contributed by atoms with E-state index in [1.165, 1.54) is 12.0 Å². The number of nitrogens with zero attached hydrogens (tertiary/aromatic N) is 1. The molecule has 4 nitrogen and oxygen atoms in total. The Kier molecular flexibility index (Phi) is 6.46. The monoisotopic (exact) mass is 310 g/mol. The third-order valence-electron chi connectivity index (χ3n) is 4.08. The lowest BCUT2D eigenvalue weighted by molar-refractivity contribution is -0.152. The maximum atomic E-state index is 12.6. The summed E-state index contributed by atoms with van der Waals surface area (Å²) >= 11 is 0. The summed E-state index contributed by atoms with van der Waals surface area (Å²) in [5.41, 5.74) is -0.839. The predicted octanol–water partition coefficient (Wildman–Crippen LogP) is 2.33. The summed E-state index contributed by atoms with van der Waals surface area (Å²) in [7, 11) is 1.32. The number of hydrogen-bond acceptors (Lipinski definition) is 4. The molecule has 0 saturated heterocycles. The van der Waals surface area contributed by atoms with E-state index in [-0.39, 0.29) is 12.0 Å². The average Bonchev–Trinajstić information content (AvgIpc) is 2.86. The molecule has 0 amide bonds. The van der Waals surface area contributed by atoms with E-state index < -0.39 is 18.3 Å². The highest BCUT2D eigenvalue weighted by Crippen LogP contribution is 2.35. The van der Waals surface area contributed by atoms with Crippen molar-refractivity contribution in [1.29, 1.82) is 0 Å². The van der Waals surface area contributed by atoms with E-state index >= 15 is 0 Å². The van der Waals surface area contributed by atoms with Crippen LogP contribution in [-0.4, -0.2) is 55.4 Å². The molecule has 1 fully saturated rings. The van der Waals surface area contributed by atoms with E-state index in [0.29, 0.717) is 32.4 Å². The minimum Gasteiger partial charge on any atom is -0.468 e. The second-order valence-corrected chi connectivity index (χ2v) is 5.58. The normalized spacial score (nSPS) is 26.3. The van der Waals surface area contributed by atoms with E-state index in [0.717, 1.165) is 6.42 Å². The molecule has 2 atom stereocenters. The standard InChI is InChI=1S/C14H25F3N2O2/c1-4-8-18-13(12(20)21-3)7-6-11(9-13)19(5-2)10-14(15,16)17/h11,18H,4-10H2,1-3H3. The lowest BCUT2D eigenvalue weighted by Gasteiger charge is -2.31. The molecule has 7 heteroatoms. The fourth-order valence-electron chi connectivity index (χ4n) is 3.04. The van der Waals surface area contributed by atoms with Crippen molar-refractivity contribution < 1.29 is 22.7 Å². The third-order valence-corrected chi connectivity index (χ3v) is 4.08. The molecular formula is C14H25F3N2O2. The fourth-order valence-corrected chi connectivity index (χ4v) is 3.04. The molecule has 2 unspecified atom stereocenters. The molecule has 0 radical (unpaired) electrons. The predicted molar refractivity (Wildman–Crippen MR) is 74.0 cm³/mol. The Labute approximate surface area is 124 Å². The summed E-state index contributed by atoms with van der Waals surface area (Å²) in [6.07, 6.45) is -1.93. The van der Waals surface area contributed by atoms with Gasteiger partial charge in [0.1, 0.15) is 5.54 Å². The fraction of sp³-hybridized carbons (Fsp3) is 0.929. The van der Waals surface area contributed by atoms with Crippen LogP contribution in [0.15, 0.2) is 0 Å². The minimum atomic E-state index is -4.22. The average molecular weight is 310 g/mol. The number of esters is 1. The van der Waals surface area contributed by atoms with Gasteiger partial charge in [-0.25, -0.2) is 0 Å². The number of rotatable bonds is 7. The molecule has 1 saturated carbocycles. The van der Waals surface area contributed by atoms with Gasteiger partial charge in [-0.1, -0.05) is 13.8 Å². The smallest absolute Gasteiger partial charge is 0.401 e. The van der Waals surface area contributed by atoms with Crippen LogP contribution in [0.1, 0.15) is 39.5 Å². The van der Waals surface area contributed by atoms with Gasteiger partial charge in [-0.2, -0.15) is 13.2 Å². The van der Waals surface area contributed by atoms with Crippen LogP contribution in [0.4, 0.5) is 13.2 Å². The number of methoxy groups -OCH3 is 1. The molecule has 0 aromatic rings.